The van der Waals surface area contributed by atoms with E-state index in [0.29, 0.717) is 50.7 Å². The van der Waals surface area contributed by atoms with Gasteiger partial charge in [0, 0.05) is 25.2 Å². The lowest BCUT2D eigenvalue weighted by atomic mass is 10.1. The molecule has 0 aliphatic carbocycles. The molecule has 7 nitrogen and oxygen atoms in total. The summed E-state index contributed by atoms with van der Waals surface area (Å²) in [4.78, 5) is 15.1. The van der Waals surface area contributed by atoms with Crippen molar-refractivity contribution in [2.45, 2.75) is 18.0 Å². The van der Waals surface area contributed by atoms with E-state index in [1.54, 1.807) is 29.4 Å². The molecule has 8 heteroatoms. The number of hydrogen-bond acceptors (Lipinski definition) is 5. The van der Waals surface area contributed by atoms with E-state index in [1.165, 1.54) is 16.4 Å². The van der Waals surface area contributed by atoms with Gasteiger partial charge in [0.25, 0.3) is 5.91 Å². The zero-order valence-corrected chi connectivity index (χ0v) is 17.8. The van der Waals surface area contributed by atoms with E-state index in [2.05, 4.69) is 0 Å². The molecule has 0 bridgehead atoms. The molecule has 4 rings (SSSR count). The average Bonchev–Trinajstić information content (AvgIpc) is 3.33. The second-order valence-electron chi connectivity index (χ2n) is 7.27. The molecule has 0 atom stereocenters. The Kier molecular flexibility index (Phi) is 6.50. The van der Waals surface area contributed by atoms with Crippen LogP contribution in [0.25, 0.3) is 0 Å². The Balaban J connectivity index is 1.55. The zero-order valence-electron chi connectivity index (χ0n) is 17.0. The average molecular weight is 441 g/mol. The number of ether oxygens (including phenoxy) is 1. The molecule has 0 unspecified atom stereocenters. The number of carbonyl (C=O) groups is 1. The van der Waals surface area contributed by atoms with Crippen molar-refractivity contribution in [2.75, 3.05) is 26.3 Å². The third kappa shape index (κ3) is 5.04. The summed E-state index contributed by atoms with van der Waals surface area (Å²) < 4.78 is 37.7. The summed E-state index contributed by atoms with van der Waals surface area (Å²) in [5, 5.41) is 0. The van der Waals surface area contributed by atoms with E-state index in [-0.39, 0.29) is 10.8 Å². The van der Waals surface area contributed by atoms with Gasteiger partial charge < -0.3 is 14.1 Å². The van der Waals surface area contributed by atoms with Crippen LogP contribution in [0.4, 0.5) is 0 Å². The molecule has 2 aromatic carbocycles. The molecule has 0 spiro atoms. The number of benzene rings is 2. The topological polar surface area (TPSA) is 80.1 Å². The summed E-state index contributed by atoms with van der Waals surface area (Å²) in [5.74, 6) is 0.478. The maximum atomic E-state index is 13.2. The van der Waals surface area contributed by atoms with Gasteiger partial charge in [-0.2, -0.15) is 4.31 Å². The first-order valence-corrected chi connectivity index (χ1v) is 11.5. The smallest absolute Gasteiger partial charge is 0.254 e. The van der Waals surface area contributed by atoms with Gasteiger partial charge in [0.1, 0.15) is 5.76 Å². The second-order valence-corrected chi connectivity index (χ2v) is 9.20. The van der Waals surface area contributed by atoms with Crippen LogP contribution in [0.3, 0.4) is 0 Å². The van der Waals surface area contributed by atoms with Crippen molar-refractivity contribution in [1.29, 1.82) is 0 Å². The van der Waals surface area contributed by atoms with Crippen LogP contribution in [-0.2, 0) is 27.8 Å². The molecule has 162 valence electrons. The van der Waals surface area contributed by atoms with Gasteiger partial charge in [-0.25, -0.2) is 8.42 Å². The fraction of sp³-hybridized carbons (Fsp3) is 0.261. The van der Waals surface area contributed by atoms with E-state index in [1.807, 2.05) is 36.4 Å². The Bertz CT molecular complexity index is 1090. The summed E-state index contributed by atoms with van der Waals surface area (Å²) in [6, 6.07) is 19.4. The summed E-state index contributed by atoms with van der Waals surface area (Å²) >= 11 is 0. The molecule has 0 saturated carbocycles. The first-order chi connectivity index (χ1) is 15.0. The third-order valence-corrected chi connectivity index (χ3v) is 7.05. The SMILES string of the molecule is O=C(c1ccc(S(=O)(=O)N2CCOCC2)cc1)N(Cc1ccccc1)Cc1ccco1. The second kappa shape index (κ2) is 9.47. The molecule has 1 amide bonds. The molecule has 0 radical (unpaired) electrons. The fourth-order valence-electron chi connectivity index (χ4n) is 3.48. The Labute approximate surface area is 181 Å². The Morgan fingerprint density at radius 3 is 2.26 bits per heavy atom. The van der Waals surface area contributed by atoms with Gasteiger partial charge >= 0.3 is 0 Å². The van der Waals surface area contributed by atoms with Gasteiger partial charge in [-0.15, -0.1) is 0 Å². The molecular weight excluding hydrogens is 416 g/mol. The number of hydrogen-bond donors (Lipinski definition) is 0. The van der Waals surface area contributed by atoms with Crippen LogP contribution in [0.1, 0.15) is 21.7 Å². The van der Waals surface area contributed by atoms with E-state index in [0.717, 1.165) is 5.56 Å². The Hall–Kier alpha value is -2.94. The highest BCUT2D eigenvalue weighted by atomic mass is 32.2. The first kappa shape index (κ1) is 21.3. The molecular formula is C23H24N2O5S. The first-order valence-electron chi connectivity index (χ1n) is 10.1. The standard InChI is InChI=1S/C23H24N2O5S/c26-23(24(18-21-7-4-14-30-21)17-19-5-2-1-3-6-19)20-8-10-22(11-9-20)31(27,28)25-12-15-29-16-13-25/h1-11,14H,12-13,15-18H2. The Morgan fingerprint density at radius 1 is 0.903 bits per heavy atom. The molecule has 1 fully saturated rings. The lowest BCUT2D eigenvalue weighted by molar-refractivity contribution is 0.0717. The van der Waals surface area contributed by atoms with Gasteiger partial charge in [0.05, 0.1) is 30.9 Å². The van der Waals surface area contributed by atoms with Crippen molar-refractivity contribution >= 4 is 15.9 Å². The number of amides is 1. The number of rotatable bonds is 7. The number of furan rings is 1. The number of morpholine rings is 1. The normalized spacial score (nSPS) is 15.0. The minimum absolute atomic E-state index is 0.173. The third-order valence-electron chi connectivity index (χ3n) is 5.14. The van der Waals surface area contributed by atoms with Crippen LogP contribution in [0.2, 0.25) is 0 Å². The van der Waals surface area contributed by atoms with Crippen LogP contribution >= 0.6 is 0 Å². The predicted molar refractivity (Wildman–Crippen MR) is 115 cm³/mol. The molecule has 31 heavy (non-hydrogen) atoms. The van der Waals surface area contributed by atoms with Crippen molar-refractivity contribution in [1.82, 2.24) is 9.21 Å². The predicted octanol–water partition coefficient (Wildman–Crippen LogP) is 3.14. The lowest BCUT2D eigenvalue weighted by Crippen LogP contribution is -2.40. The van der Waals surface area contributed by atoms with E-state index >= 15 is 0 Å². The quantitative estimate of drug-likeness (QED) is 0.564. The van der Waals surface area contributed by atoms with Gasteiger partial charge in [-0.1, -0.05) is 30.3 Å². The summed E-state index contributed by atoms with van der Waals surface area (Å²) in [6.07, 6.45) is 1.58. The van der Waals surface area contributed by atoms with Crippen molar-refractivity contribution in [3.8, 4) is 0 Å². The molecule has 1 aliphatic heterocycles. The maximum absolute atomic E-state index is 13.2. The summed E-state index contributed by atoms with van der Waals surface area (Å²) in [5.41, 5.74) is 1.41. The molecule has 2 heterocycles. The van der Waals surface area contributed by atoms with E-state index in [9.17, 15) is 13.2 Å². The van der Waals surface area contributed by atoms with Gasteiger partial charge in [-0.3, -0.25) is 4.79 Å². The van der Waals surface area contributed by atoms with Crippen LogP contribution in [0.5, 0.6) is 0 Å². The van der Waals surface area contributed by atoms with Gasteiger partial charge in [-0.05, 0) is 42.0 Å². The molecule has 1 aromatic heterocycles. The van der Waals surface area contributed by atoms with Gasteiger partial charge in [0.2, 0.25) is 10.0 Å². The highest BCUT2D eigenvalue weighted by molar-refractivity contribution is 7.89. The lowest BCUT2D eigenvalue weighted by Gasteiger charge is -2.26. The number of nitrogens with zero attached hydrogens (tertiary/aromatic N) is 2. The van der Waals surface area contributed by atoms with Crippen LogP contribution < -0.4 is 0 Å². The largest absolute Gasteiger partial charge is 0.467 e. The Morgan fingerprint density at radius 2 is 1.61 bits per heavy atom. The zero-order chi connectivity index (χ0) is 21.7. The van der Waals surface area contributed by atoms with Crippen LogP contribution in [0.15, 0.2) is 82.3 Å². The van der Waals surface area contributed by atoms with E-state index in [4.69, 9.17) is 9.15 Å². The highest BCUT2D eigenvalue weighted by Crippen LogP contribution is 2.20. The molecule has 1 saturated heterocycles. The monoisotopic (exact) mass is 440 g/mol. The summed E-state index contributed by atoms with van der Waals surface area (Å²) in [6.45, 7) is 2.16. The molecule has 1 aliphatic rings. The van der Waals surface area contributed by atoms with Crippen molar-refractivity contribution < 1.29 is 22.4 Å². The maximum Gasteiger partial charge on any atom is 0.254 e. The summed E-state index contributed by atoms with van der Waals surface area (Å²) in [7, 11) is -3.60. The minimum atomic E-state index is -3.60. The van der Waals surface area contributed by atoms with E-state index < -0.39 is 10.0 Å². The van der Waals surface area contributed by atoms with Gasteiger partial charge in [0.15, 0.2) is 0 Å². The van der Waals surface area contributed by atoms with Crippen LogP contribution in [0, 0.1) is 0 Å². The molecule has 3 aromatic rings. The van der Waals surface area contributed by atoms with Crippen molar-refractivity contribution in [2.24, 2.45) is 0 Å². The fourth-order valence-corrected chi connectivity index (χ4v) is 4.89. The number of carbonyl (C=O) groups excluding carboxylic acids is 1. The van der Waals surface area contributed by atoms with Crippen molar-refractivity contribution in [3.63, 3.8) is 0 Å². The van der Waals surface area contributed by atoms with Crippen molar-refractivity contribution in [3.05, 3.63) is 89.9 Å². The van der Waals surface area contributed by atoms with Crippen LogP contribution in [-0.4, -0.2) is 49.8 Å². The minimum Gasteiger partial charge on any atom is -0.467 e. The highest BCUT2D eigenvalue weighted by Gasteiger charge is 2.27. The number of sulfonamides is 1. The molecule has 0 N–H and O–H groups in total.